The molecule has 0 amide bonds. The van der Waals surface area contributed by atoms with Gasteiger partial charge in [0, 0.05) is 17.1 Å². The third-order valence-electron chi connectivity index (χ3n) is 3.26. The van der Waals surface area contributed by atoms with E-state index in [2.05, 4.69) is 10.6 Å². The van der Waals surface area contributed by atoms with E-state index in [1.165, 1.54) is 18.9 Å². The number of nitrogens with one attached hydrogen (secondary N) is 2. The van der Waals surface area contributed by atoms with E-state index in [9.17, 15) is 4.39 Å². The maximum atomic E-state index is 13.5. The molecule has 2 nitrogen and oxygen atoms in total. The summed E-state index contributed by atoms with van der Waals surface area (Å²) in [5, 5.41) is 7.14. The van der Waals surface area contributed by atoms with Crippen molar-refractivity contribution in [1.82, 2.24) is 10.6 Å². The van der Waals surface area contributed by atoms with Gasteiger partial charge in [-0.15, -0.1) is 0 Å². The second-order valence-electron chi connectivity index (χ2n) is 4.52. The lowest BCUT2D eigenvalue weighted by Gasteiger charge is -2.23. The van der Waals surface area contributed by atoms with Gasteiger partial charge in [0.25, 0.3) is 0 Å². The molecule has 0 bridgehead atoms. The average molecular weight is 328 g/mol. The second kappa shape index (κ2) is 9.78. The van der Waals surface area contributed by atoms with Gasteiger partial charge in [0.15, 0.2) is 0 Å². The zero-order valence-corrected chi connectivity index (χ0v) is 12.8. The van der Waals surface area contributed by atoms with Gasteiger partial charge < -0.3 is 35.4 Å². The number of halogens is 4. The Bertz CT molecular complexity index is 351. The topological polar surface area (TPSA) is 24.1 Å². The third kappa shape index (κ3) is 5.84. The highest BCUT2D eigenvalue weighted by Gasteiger charge is 2.13. The van der Waals surface area contributed by atoms with Crippen molar-refractivity contribution in [2.24, 2.45) is 5.92 Å². The van der Waals surface area contributed by atoms with Gasteiger partial charge in [-0.1, -0.05) is 17.7 Å². The van der Waals surface area contributed by atoms with E-state index in [1.807, 2.05) is 0 Å². The van der Waals surface area contributed by atoms with E-state index in [-0.39, 0.29) is 30.6 Å². The van der Waals surface area contributed by atoms with Crippen LogP contribution >= 0.6 is 11.6 Å². The predicted octanol–water partition coefficient (Wildman–Crippen LogP) is -3.42. The molecule has 0 unspecified atom stereocenters. The van der Waals surface area contributed by atoms with Gasteiger partial charge in [-0.25, -0.2) is 4.39 Å². The molecular formula is C13H18Cl3FN2-2. The van der Waals surface area contributed by atoms with Crippen LogP contribution in [0.5, 0.6) is 0 Å². The minimum absolute atomic E-state index is 0. The third-order valence-corrected chi connectivity index (χ3v) is 3.61. The lowest BCUT2D eigenvalue weighted by Crippen LogP contribution is -3.00. The highest BCUT2D eigenvalue weighted by Crippen LogP contribution is 2.19. The second-order valence-corrected chi connectivity index (χ2v) is 4.93. The molecule has 6 heteroatoms. The molecule has 0 spiro atoms. The van der Waals surface area contributed by atoms with Gasteiger partial charge in [-0.2, -0.15) is 0 Å². The Morgan fingerprint density at radius 2 is 1.95 bits per heavy atom. The first-order valence-corrected chi connectivity index (χ1v) is 6.49. The van der Waals surface area contributed by atoms with Crippen molar-refractivity contribution < 1.29 is 29.2 Å². The molecule has 0 aliphatic carbocycles. The minimum Gasteiger partial charge on any atom is -1.00 e. The standard InChI is InChI=1S/C13H18ClFN2.2ClH/c14-12-2-1-3-13(15)11(12)9-17-8-10-4-6-16-7-5-10;;/h1-3,10,16-17H,4-9H2;2*1H/p-2. The smallest absolute Gasteiger partial charge is 0.129 e. The molecule has 0 atom stereocenters. The first-order chi connectivity index (χ1) is 8.27. The highest BCUT2D eigenvalue weighted by molar-refractivity contribution is 6.31. The molecule has 0 radical (unpaired) electrons. The summed E-state index contributed by atoms with van der Waals surface area (Å²) in [6.07, 6.45) is 2.38. The molecule has 0 aromatic heterocycles. The zero-order chi connectivity index (χ0) is 12.1. The summed E-state index contributed by atoms with van der Waals surface area (Å²) in [6.45, 7) is 3.63. The van der Waals surface area contributed by atoms with Crippen molar-refractivity contribution in [3.63, 3.8) is 0 Å². The monoisotopic (exact) mass is 326 g/mol. The van der Waals surface area contributed by atoms with Crippen molar-refractivity contribution in [2.45, 2.75) is 19.4 Å². The van der Waals surface area contributed by atoms with Crippen LogP contribution in [-0.4, -0.2) is 19.6 Å². The molecule has 2 rings (SSSR count). The van der Waals surface area contributed by atoms with E-state index in [1.54, 1.807) is 12.1 Å². The summed E-state index contributed by atoms with van der Waals surface area (Å²) in [5.74, 6) is 0.470. The fourth-order valence-electron chi connectivity index (χ4n) is 2.19. The number of hydrogen-bond acceptors (Lipinski definition) is 2. The van der Waals surface area contributed by atoms with Crippen LogP contribution in [0.25, 0.3) is 0 Å². The van der Waals surface area contributed by atoms with Crippen LogP contribution in [0.15, 0.2) is 18.2 Å². The normalized spacial score (nSPS) is 15.5. The van der Waals surface area contributed by atoms with Crippen molar-refractivity contribution in [2.75, 3.05) is 19.6 Å². The molecule has 2 N–H and O–H groups in total. The van der Waals surface area contributed by atoms with Crippen LogP contribution in [0.4, 0.5) is 4.39 Å². The molecule has 1 aliphatic heterocycles. The van der Waals surface area contributed by atoms with Crippen molar-refractivity contribution in [3.05, 3.63) is 34.6 Å². The van der Waals surface area contributed by atoms with Crippen LogP contribution in [0, 0.1) is 11.7 Å². The Hall–Kier alpha value is -0.0600. The number of rotatable bonds is 4. The summed E-state index contributed by atoms with van der Waals surface area (Å²) >= 11 is 5.96. The van der Waals surface area contributed by atoms with E-state index in [4.69, 9.17) is 11.6 Å². The van der Waals surface area contributed by atoms with Crippen molar-refractivity contribution in [1.29, 1.82) is 0 Å². The highest BCUT2D eigenvalue weighted by atomic mass is 35.5. The van der Waals surface area contributed by atoms with Crippen LogP contribution in [0.1, 0.15) is 18.4 Å². The van der Waals surface area contributed by atoms with Crippen LogP contribution in [-0.2, 0) is 6.54 Å². The summed E-state index contributed by atoms with van der Waals surface area (Å²) < 4.78 is 13.5. The minimum atomic E-state index is -0.227. The summed E-state index contributed by atoms with van der Waals surface area (Å²) in [7, 11) is 0. The molecule has 1 saturated heterocycles. The quantitative estimate of drug-likeness (QED) is 0.602. The van der Waals surface area contributed by atoms with Gasteiger partial charge in [0.2, 0.25) is 0 Å². The molecule has 1 aromatic carbocycles. The maximum absolute atomic E-state index is 13.5. The maximum Gasteiger partial charge on any atom is 0.129 e. The Labute approximate surface area is 131 Å². The largest absolute Gasteiger partial charge is 1.00 e. The van der Waals surface area contributed by atoms with Gasteiger partial charge >= 0.3 is 0 Å². The average Bonchev–Trinajstić information content (AvgIpc) is 2.34. The van der Waals surface area contributed by atoms with Crippen LogP contribution < -0.4 is 35.4 Å². The van der Waals surface area contributed by atoms with Crippen LogP contribution in [0.2, 0.25) is 5.02 Å². The van der Waals surface area contributed by atoms with Crippen LogP contribution in [0.3, 0.4) is 0 Å². The lowest BCUT2D eigenvalue weighted by atomic mass is 9.98. The van der Waals surface area contributed by atoms with E-state index < -0.39 is 0 Å². The first-order valence-electron chi connectivity index (χ1n) is 6.11. The molecule has 1 heterocycles. The molecule has 1 aromatic rings. The van der Waals surface area contributed by atoms with Gasteiger partial charge in [-0.05, 0) is 50.5 Å². The van der Waals surface area contributed by atoms with Gasteiger partial charge in [0.1, 0.15) is 5.82 Å². The SMILES string of the molecule is Fc1cccc(Cl)c1CNCC1CCNCC1.[Cl-].[Cl-]. The summed E-state index contributed by atoms with van der Waals surface area (Å²) in [4.78, 5) is 0. The molecule has 1 aliphatic rings. The molecule has 19 heavy (non-hydrogen) atoms. The van der Waals surface area contributed by atoms with Gasteiger partial charge in [0.05, 0.1) is 0 Å². The number of benzene rings is 1. The predicted molar refractivity (Wildman–Crippen MR) is 68.7 cm³/mol. The Morgan fingerprint density at radius 1 is 1.26 bits per heavy atom. The van der Waals surface area contributed by atoms with E-state index >= 15 is 0 Å². The molecule has 0 saturated carbocycles. The number of hydrogen-bond donors (Lipinski definition) is 2. The summed E-state index contributed by atoms with van der Waals surface area (Å²) in [5.41, 5.74) is 0.572. The van der Waals surface area contributed by atoms with E-state index in [0.717, 1.165) is 19.6 Å². The molecule has 1 fully saturated rings. The van der Waals surface area contributed by atoms with Crippen molar-refractivity contribution >= 4 is 11.6 Å². The number of piperidine rings is 1. The first kappa shape index (κ1) is 18.9. The van der Waals surface area contributed by atoms with E-state index in [0.29, 0.717) is 23.0 Å². The Balaban J connectivity index is 0.00000162. The lowest BCUT2D eigenvalue weighted by molar-refractivity contribution is -0.00100. The Morgan fingerprint density at radius 3 is 2.58 bits per heavy atom. The summed E-state index contributed by atoms with van der Waals surface area (Å²) in [6, 6.07) is 4.81. The van der Waals surface area contributed by atoms with Gasteiger partial charge in [-0.3, -0.25) is 0 Å². The fraction of sp³-hybridized carbons (Fsp3) is 0.538. The zero-order valence-electron chi connectivity index (χ0n) is 10.6. The molecule has 110 valence electrons. The molecular weight excluding hydrogens is 310 g/mol. The fourth-order valence-corrected chi connectivity index (χ4v) is 2.42. The van der Waals surface area contributed by atoms with Crippen molar-refractivity contribution in [3.8, 4) is 0 Å². The Kier molecular flexibility index (Phi) is 9.75.